The maximum absolute atomic E-state index is 5.73. The number of ether oxygens (including phenoxy) is 3. The third-order valence-electron chi connectivity index (χ3n) is 3.24. The molecular weight excluding hydrogens is 290 g/mol. The minimum Gasteiger partial charge on any atom is -0.493 e. The lowest BCUT2D eigenvalue weighted by Crippen LogP contribution is -2.15. The predicted octanol–water partition coefficient (Wildman–Crippen LogP) is 3.27. The Morgan fingerprint density at radius 1 is 0.826 bits per heavy atom. The zero-order valence-electron chi connectivity index (χ0n) is 13.7. The van der Waals surface area contributed by atoms with Gasteiger partial charge in [-0.3, -0.25) is 0 Å². The highest BCUT2D eigenvalue weighted by Gasteiger charge is 1.98. The van der Waals surface area contributed by atoms with Crippen LogP contribution in [0.1, 0.15) is 12.0 Å². The molecule has 0 spiro atoms. The highest BCUT2D eigenvalue weighted by atomic mass is 16.5. The fourth-order valence-corrected chi connectivity index (χ4v) is 2.04. The number of hydrogen-bond donors (Lipinski definition) is 1. The van der Waals surface area contributed by atoms with Gasteiger partial charge in [0.25, 0.3) is 0 Å². The molecule has 0 bridgehead atoms. The Kier molecular flexibility index (Phi) is 8.02. The molecule has 1 N–H and O–H groups in total. The van der Waals surface area contributed by atoms with Crippen molar-refractivity contribution >= 4 is 0 Å². The summed E-state index contributed by atoms with van der Waals surface area (Å²) in [5, 5.41) is 3.05. The molecule has 0 aliphatic carbocycles. The summed E-state index contributed by atoms with van der Waals surface area (Å²) in [6, 6.07) is 17.9. The second-order valence-electron chi connectivity index (χ2n) is 5.17. The second-order valence-corrected chi connectivity index (χ2v) is 5.17. The summed E-state index contributed by atoms with van der Waals surface area (Å²) in [6.07, 6.45) is 0.859. The highest BCUT2D eigenvalue weighted by molar-refractivity contribution is 5.32. The molecule has 0 aliphatic heterocycles. The molecule has 0 heterocycles. The van der Waals surface area contributed by atoms with E-state index in [0.717, 1.165) is 24.5 Å². The molecule has 0 saturated carbocycles. The summed E-state index contributed by atoms with van der Waals surface area (Å²) in [4.78, 5) is 0. The van der Waals surface area contributed by atoms with Crippen LogP contribution in [0.15, 0.2) is 54.6 Å². The first kappa shape index (κ1) is 17.3. The first-order valence-electron chi connectivity index (χ1n) is 8.00. The van der Waals surface area contributed by atoms with Crippen molar-refractivity contribution in [2.75, 3.05) is 33.4 Å². The van der Waals surface area contributed by atoms with Gasteiger partial charge in [0.1, 0.15) is 18.1 Å². The summed E-state index contributed by atoms with van der Waals surface area (Å²) >= 11 is 0. The van der Waals surface area contributed by atoms with Crippen LogP contribution in [0.2, 0.25) is 0 Å². The van der Waals surface area contributed by atoms with Crippen LogP contribution in [0, 0.1) is 0 Å². The van der Waals surface area contributed by atoms with Crippen molar-refractivity contribution in [2.24, 2.45) is 0 Å². The molecule has 2 aromatic rings. The van der Waals surface area contributed by atoms with Crippen LogP contribution in [0.4, 0.5) is 0 Å². The maximum Gasteiger partial charge on any atom is 0.123 e. The van der Waals surface area contributed by atoms with Crippen LogP contribution in [0.3, 0.4) is 0 Å². The molecule has 0 aliphatic rings. The van der Waals surface area contributed by atoms with Crippen LogP contribution in [-0.4, -0.2) is 33.4 Å². The van der Waals surface area contributed by atoms with Crippen molar-refractivity contribution in [1.82, 2.24) is 5.32 Å². The van der Waals surface area contributed by atoms with E-state index in [4.69, 9.17) is 14.2 Å². The summed E-state index contributed by atoms with van der Waals surface area (Å²) in [7, 11) is 1.91. The lowest BCUT2D eigenvalue weighted by Gasteiger charge is -2.10. The summed E-state index contributed by atoms with van der Waals surface area (Å²) in [5.41, 5.74) is 1.19. The summed E-state index contributed by atoms with van der Waals surface area (Å²) in [5.74, 6) is 1.66. The molecule has 0 saturated heterocycles. The van der Waals surface area contributed by atoms with Crippen LogP contribution in [0.5, 0.6) is 11.5 Å². The van der Waals surface area contributed by atoms with Crippen molar-refractivity contribution in [1.29, 1.82) is 0 Å². The number of rotatable bonds is 11. The highest BCUT2D eigenvalue weighted by Crippen LogP contribution is 2.19. The molecule has 2 aromatic carbocycles. The smallest absolute Gasteiger partial charge is 0.123 e. The molecular formula is C19H25NO3. The topological polar surface area (TPSA) is 39.7 Å². The average molecular weight is 315 g/mol. The Morgan fingerprint density at radius 3 is 2.30 bits per heavy atom. The van der Waals surface area contributed by atoms with E-state index < -0.39 is 0 Å². The van der Waals surface area contributed by atoms with Gasteiger partial charge in [-0.15, -0.1) is 0 Å². The van der Waals surface area contributed by atoms with E-state index in [1.807, 2.05) is 49.5 Å². The maximum atomic E-state index is 5.73. The first-order chi connectivity index (χ1) is 11.4. The van der Waals surface area contributed by atoms with E-state index in [9.17, 15) is 0 Å². The molecule has 4 heteroatoms. The molecule has 4 nitrogen and oxygen atoms in total. The van der Waals surface area contributed by atoms with Gasteiger partial charge in [-0.05, 0) is 24.7 Å². The fraction of sp³-hybridized carbons (Fsp3) is 0.368. The van der Waals surface area contributed by atoms with Gasteiger partial charge in [0.2, 0.25) is 0 Å². The van der Waals surface area contributed by atoms with Gasteiger partial charge in [0.05, 0.1) is 19.8 Å². The Morgan fingerprint density at radius 2 is 1.57 bits per heavy atom. The number of likely N-dealkylation sites (N-methyl/N-ethyl adjacent to an activating group) is 1. The van der Waals surface area contributed by atoms with E-state index in [0.29, 0.717) is 26.4 Å². The molecule has 0 fully saturated rings. The summed E-state index contributed by atoms with van der Waals surface area (Å²) in [6.45, 7) is 3.44. The van der Waals surface area contributed by atoms with Gasteiger partial charge >= 0.3 is 0 Å². The molecule has 124 valence electrons. The van der Waals surface area contributed by atoms with E-state index in [-0.39, 0.29) is 0 Å². The van der Waals surface area contributed by atoms with Crippen LogP contribution in [0.25, 0.3) is 0 Å². The fourth-order valence-electron chi connectivity index (χ4n) is 2.04. The zero-order chi connectivity index (χ0) is 16.2. The molecule has 23 heavy (non-hydrogen) atoms. The Bertz CT molecular complexity index is 545. The predicted molar refractivity (Wildman–Crippen MR) is 92.1 cm³/mol. The minimum absolute atomic E-state index is 0.634. The van der Waals surface area contributed by atoms with Gasteiger partial charge in [0, 0.05) is 19.0 Å². The third kappa shape index (κ3) is 7.17. The summed E-state index contributed by atoms with van der Waals surface area (Å²) < 4.78 is 17.0. The van der Waals surface area contributed by atoms with Crippen molar-refractivity contribution in [2.45, 2.75) is 13.0 Å². The molecule has 2 rings (SSSR count). The SMILES string of the molecule is CNCCOc1cccc(OCCCOCc2ccccc2)c1. The zero-order valence-corrected chi connectivity index (χ0v) is 13.7. The first-order valence-corrected chi connectivity index (χ1v) is 8.00. The van der Waals surface area contributed by atoms with Crippen molar-refractivity contribution < 1.29 is 14.2 Å². The standard InChI is InChI=1S/C19H25NO3/c1-20-11-14-23-19-10-5-9-18(15-19)22-13-6-12-21-16-17-7-3-2-4-8-17/h2-5,7-10,15,20H,6,11-14,16H2,1H3. The second kappa shape index (κ2) is 10.6. The van der Waals surface area contributed by atoms with Gasteiger partial charge in [-0.2, -0.15) is 0 Å². The Balaban J connectivity index is 1.59. The van der Waals surface area contributed by atoms with E-state index in [2.05, 4.69) is 17.4 Å². The third-order valence-corrected chi connectivity index (χ3v) is 3.24. The van der Waals surface area contributed by atoms with E-state index >= 15 is 0 Å². The van der Waals surface area contributed by atoms with Gasteiger partial charge in [-0.25, -0.2) is 0 Å². The van der Waals surface area contributed by atoms with E-state index in [1.165, 1.54) is 5.56 Å². The van der Waals surface area contributed by atoms with Crippen LogP contribution >= 0.6 is 0 Å². The molecule has 0 atom stereocenters. The Labute approximate surface area is 138 Å². The van der Waals surface area contributed by atoms with Crippen LogP contribution < -0.4 is 14.8 Å². The normalized spacial score (nSPS) is 10.5. The van der Waals surface area contributed by atoms with Gasteiger partial charge in [-0.1, -0.05) is 36.4 Å². The van der Waals surface area contributed by atoms with E-state index in [1.54, 1.807) is 0 Å². The number of benzene rings is 2. The quantitative estimate of drug-likeness (QED) is 0.646. The monoisotopic (exact) mass is 315 g/mol. The number of nitrogens with one attached hydrogen (secondary N) is 1. The van der Waals surface area contributed by atoms with Gasteiger partial charge in [0.15, 0.2) is 0 Å². The van der Waals surface area contributed by atoms with Crippen LogP contribution in [-0.2, 0) is 11.3 Å². The van der Waals surface area contributed by atoms with Crippen molar-refractivity contribution in [3.63, 3.8) is 0 Å². The molecule has 0 radical (unpaired) electrons. The van der Waals surface area contributed by atoms with Crippen molar-refractivity contribution in [3.05, 3.63) is 60.2 Å². The largest absolute Gasteiger partial charge is 0.493 e. The van der Waals surface area contributed by atoms with Crippen molar-refractivity contribution in [3.8, 4) is 11.5 Å². The average Bonchev–Trinajstić information content (AvgIpc) is 2.59. The lowest BCUT2D eigenvalue weighted by atomic mass is 10.2. The molecule has 0 amide bonds. The number of hydrogen-bond acceptors (Lipinski definition) is 4. The molecule has 0 unspecified atom stereocenters. The van der Waals surface area contributed by atoms with Gasteiger partial charge < -0.3 is 19.5 Å². The lowest BCUT2D eigenvalue weighted by molar-refractivity contribution is 0.107. The Hall–Kier alpha value is -2.04. The minimum atomic E-state index is 0.634. The molecule has 0 aromatic heterocycles.